The number of aromatic hydroxyl groups is 4. The molecule has 17 bridgehead atoms. The number of carbonyl (C=O) groups is 8. The fourth-order valence-corrected chi connectivity index (χ4v) is 17.3. The average molecular weight is 1830 g/mol. The second-order valence-electron chi connectivity index (χ2n) is 32.3. The van der Waals surface area contributed by atoms with Crippen LogP contribution in [0, 0.1) is 0 Å². The van der Waals surface area contributed by atoms with Gasteiger partial charge in [-0.1, -0.05) is 126 Å². The number of aliphatic carboxylic acids is 2. The lowest BCUT2D eigenvalue weighted by molar-refractivity contribution is -0.277. The number of benzene rings is 11. The maximum Gasteiger partial charge on any atom is 0.335 e. The van der Waals surface area contributed by atoms with Gasteiger partial charge in [0.1, 0.15) is 119 Å². The third-order valence-corrected chi connectivity index (χ3v) is 24.3. The first-order chi connectivity index (χ1) is 62.8. The van der Waals surface area contributed by atoms with Crippen LogP contribution in [-0.4, -0.2) is 206 Å². The van der Waals surface area contributed by atoms with E-state index in [-0.39, 0.29) is 41.5 Å². The lowest BCUT2D eigenvalue weighted by Crippen LogP contribution is -2.65. The van der Waals surface area contributed by atoms with Gasteiger partial charge in [0.05, 0.1) is 22.7 Å². The van der Waals surface area contributed by atoms with Crippen molar-refractivity contribution in [2.24, 2.45) is 0 Å². The average Bonchev–Trinajstić information content (AvgIpc) is 0.757. The molecular formula is C93H82Cl2N8O28. The summed E-state index contributed by atoms with van der Waals surface area (Å²) in [6.45, 7) is -1.03. The zero-order valence-corrected chi connectivity index (χ0v) is 69.9. The monoisotopic (exact) mass is 1830 g/mol. The number of carbonyl (C=O) groups excluding carboxylic acids is 6. The fourth-order valence-electron chi connectivity index (χ4n) is 16.9. The Balaban J connectivity index is 0.871. The van der Waals surface area contributed by atoms with Crippen molar-refractivity contribution in [3.05, 3.63) is 260 Å². The van der Waals surface area contributed by atoms with Crippen LogP contribution in [-0.2, 0) is 67.3 Å². The smallest absolute Gasteiger partial charge is 0.335 e. The number of phenols is 4. The Morgan fingerprint density at radius 3 is 1.81 bits per heavy atom. The van der Waals surface area contributed by atoms with Crippen LogP contribution in [0.4, 0.5) is 0 Å². The van der Waals surface area contributed by atoms with Crippen LogP contribution in [0.15, 0.2) is 200 Å². The van der Waals surface area contributed by atoms with Crippen LogP contribution < -0.4 is 60.9 Å². The molecule has 2 fully saturated rings. The van der Waals surface area contributed by atoms with Gasteiger partial charge in [0.2, 0.25) is 53.8 Å². The summed E-state index contributed by atoms with van der Waals surface area (Å²) >= 11 is 14.4. The van der Waals surface area contributed by atoms with Crippen LogP contribution in [0.3, 0.4) is 0 Å². The van der Waals surface area contributed by atoms with Gasteiger partial charge < -0.3 is 137 Å². The molecule has 0 spiro atoms. The number of fused-ring (bicyclic) bond motifs is 16. The van der Waals surface area contributed by atoms with Crippen LogP contribution in [0.25, 0.3) is 32.7 Å². The quantitative estimate of drug-likeness (QED) is 0.0602. The molecule has 8 aliphatic rings. The predicted molar refractivity (Wildman–Crippen MR) is 461 cm³/mol. The maximum atomic E-state index is 16.9. The van der Waals surface area contributed by atoms with Crippen LogP contribution in [0.2, 0.25) is 10.0 Å². The Morgan fingerprint density at radius 2 is 1.11 bits per heavy atom. The molecule has 20 N–H and O–H groups in total. The summed E-state index contributed by atoms with van der Waals surface area (Å²) in [6.07, 6.45) is -21.4. The summed E-state index contributed by atoms with van der Waals surface area (Å²) in [4.78, 5) is 126. The number of aliphatic hydroxyl groups excluding tert-OH is 7. The number of nitrogens with one attached hydrogen (secondary N) is 7. The van der Waals surface area contributed by atoms with Gasteiger partial charge in [-0.2, -0.15) is 0 Å². The standard InChI is InChI=1S/C93H82Cl2N8O28/c1-103(37-41-11-15-43-7-3-5-9-45(43)25-41)75-47-17-22-59(107)62(29-47)126-52-34-55(68(95)60(108)35-52)71-87(118)99-70-49-30-64(125-51-19-12-39(13-20-51)26-57(84(115)100-71)97-89(75)120)82(130-92-74(78(111)80(113)83(131-92)91(123)124)96-36-40-10-14-42-6-2-4-8-44(42)24-40)65(31-49)127-61-23-18-48(28-56(61)94)76(109)73-88(119)101-72(90(121)122)54-32-50(105)33-63(128-93-81(114)79(112)77(110)66(38-104)129-93)67(54)53-27-46(16-21-58(53)106)69(85(116)102-73)98-86(70)117/h2-25,27-35,57,66,69-81,83,92-93,96,104-114H,26,36-38H2,1H3,(H,97,120)(H,98,117)(H,99,118)(H,100,115)(H,101,119)(H,102,116)(H,121,122)(H,123,124)/t57-,66-,69-,70-,71+,72+,73?,74?,75-,76-,77-,78-,79+,80?,81+,83?,92-,93+/m1/s1. The number of phenolic OH excluding ortho intramolecular Hbond substituents is 4. The molecule has 0 radical (unpaired) electrons. The molecule has 0 aromatic heterocycles. The zero-order chi connectivity index (χ0) is 92.4. The van der Waals surface area contributed by atoms with Gasteiger partial charge in [-0.05, 0) is 152 Å². The van der Waals surface area contributed by atoms with Crippen molar-refractivity contribution >= 4 is 92.1 Å². The highest BCUT2D eigenvalue weighted by Gasteiger charge is 2.51. The van der Waals surface area contributed by atoms with E-state index < -0.39 is 265 Å². The summed E-state index contributed by atoms with van der Waals surface area (Å²) in [7, 11) is 1.64. The highest BCUT2D eigenvalue weighted by atomic mass is 35.5. The molecule has 676 valence electrons. The molecule has 19 rings (SSSR count). The van der Waals surface area contributed by atoms with Crippen molar-refractivity contribution in [1.82, 2.24) is 42.1 Å². The number of ether oxygens (including phenoxy) is 7. The van der Waals surface area contributed by atoms with Crippen molar-refractivity contribution in [3.63, 3.8) is 0 Å². The number of nitrogens with zero attached hydrogens (tertiary/aromatic N) is 1. The van der Waals surface area contributed by atoms with Gasteiger partial charge in [-0.15, -0.1) is 0 Å². The number of hydrogen-bond acceptors (Lipinski definition) is 28. The summed E-state index contributed by atoms with van der Waals surface area (Å²) in [6, 6.07) is 31.4. The fraction of sp³-hybridized carbons (Fsp3) is 0.247. The number of likely N-dealkylation sites (N-methyl/N-ethyl adjacent to an activating group) is 1. The minimum Gasteiger partial charge on any atom is -0.508 e. The Kier molecular flexibility index (Phi) is 24.8. The molecule has 6 amide bonds. The summed E-state index contributed by atoms with van der Waals surface area (Å²) < 4.78 is 44.8. The van der Waals surface area contributed by atoms with Gasteiger partial charge >= 0.3 is 11.9 Å². The van der Waals surface area contributed by atoms with Crippen molar-refractivity contribution < 1.29 is 138 Å². The minimum absolute atomic E-state index is 0.0867. The lowest BCUT2D eigenvalue weighted by Gasteiger charge is -2.41. The van der Waals surface area contributed by atoms with Gasteiger partial charge in [-0.25, -0.2) is 9.59 Å². The van der Waals surface area contributed by atoms with E-state index >= 15 is 28.8 Å². The maximum absolute atomic E-state index is 16.9. The topological polar surface area (TPSA) is 552 Å². The number of halogens is 2. The number of carboxylic acids is 2. The van der Waals surface area contributed by atoms with Gasteiger partial charge in [0, 0.05) is 53.9 Å². The Bertz CT molecular complexity index is 6410. The van der Waals surface area contributed by atoms with Crippen molar-refractivity contribution in [2.75, 3.05) is 13.7 Å². The van der Waals surface area contributed by atoms with E-state index in [1.54, 1.807) is 18.0 Å². The zero-order valence-electron chi connectivity index (χ0n) is 68.4. The summed E-state index contributed by atoms with van der Waals surface area (Å²) in [5, 5.41) is 171. The van der Waals surface area contributed by atoms with E-state index in [1.165, 1.54) is 42.5 Å². The molecule has 8 aliphatic heterocycles. The minimum atomic E-state index is -2.46. The molecule has 131 heavy (non-hydrogen) atoms. The van der Waals surface area contributed by atoms with E-state index in [9.17, 15) is 76.0 Å². The molecular weight excluding hydrogens is 1750 g/mol. The van der Waals surface area contributed by atoms with Crippen LogP contribution in [0.1, 0.15) is 86.4 Å². The van der Waals surface area contributed by atoms with E-state index in [1.807, 2.05) is 78.9 Å². The molecule has 0 aliphatic carbocycles. The Hall–Kier alpha value is -14.0. The number of aliphatic hydroxyl groups is 7. The molecule has 0 saturated carbocycles. The molecule has 4 unspecified atom stereocenters. The van der Waals surface area contributed by atoms with Crippen molar-refractivity contribution in [3.8, 4) is 80.1 Å². The first-order valence-corrected chi connectivity index (χ1v) is 41.7. The Morgan fingerprint density at radius 1 is 0.489 bits per heavy atom. The molecule has 38 heteroatoms. The molecule has 11 aromatic rings. The molecule has 11 aromatic carbocycles. The normalized spacial score (nSPS) is 25.5. The first-order valence-electron chi connectivity index (χ1n) is 41.0. The van der Waals surface area contributed by atoms with Crippen molar-refractivity contribution in [1.29, 1.82) is 0 Å². The van der Waals surface area contributed by atoms with Gasteiger partial charge in [0.15, 0.2) is 35.1 Å². The van der Waals surface area contributed by atoms with E-state index in [0.717, 1.165) is 99.9 Å². The SMILES string of the molecule is CN(Cc1ccc2ccccc2c1)[C@H]1C(=O)N[C@@H]2Cc3ccc(cc3)Oc3cc4cc(c3O[C@@H]3OC(C(=O)O)C(O)[C@H](O)C3NCc3ccc5ccccc5c3)Oc3ccc(cc3Cl)[C@@H](O)C3NC(=O)[C@H](NC(=O)[C@@H]4NC(=O)[C@@H](NC2=O)c2cc(cc(O)c2Cl)Oc2cc1ccc2O)c1ccc(O)c(c1)-c1c(O[C@H]2O[C@H](CO)[C@@H](O)[C@H](O)[C@@H]2O)cc(O)cc1[C@@H](C(=O)O)NC3=O. The van der Waals surface area contributed by atoms with Gasteiger partial charge in [0.25, 0.3) is 0 Å². The molecule has 36 nitrogen and oxygen atoms in total. The number of carboxylic acid groups (broad SMARTS) is 2. The molecule has 8 heterocycles. The molecule has 2 saturated heterocycles. The number of rotatable bonds is 13. The summed E-state index contributed by atoms with van der Waals surface area (Å²) in [5.74, 6) is -18.4. The van der Waals surface area contributed by atoms with Crippen LogP contribution in [0.5, 0.6) is 69.0 Å². The van der Waals surface area contributed by atoms with Gasteiger partial charge in [-0.3, -0.25) is 33.7 Å². The molecule has 18 atom stereocenters. The highest BCUT2D eigenvalue weighted by molar-refractivity contribution is 6.33. The van der Waals surface area contributed by atoms with E-state index in [2.05, 4.69) is 37.2 Å². The Labute approximate surface area is 751 Å². The number of amides is 6. The second kappa shape index (κ2) is 36.5. The lowest BCUT2D eigenvalue weighted by atomic mass is 9.89. The largest absolute Gasteiger partial charge is 0.508 e. The van der Waals surface area contributed by atoms with Crippen molar-refractivity contribution in [2.45, 2.75) is 129 Å². The third-order valence-electron chi connectivity index (χ3n) is 23.6. The first kappa shape index (κ1) is 89.0. The number of hydrogen-bond donors (Lipinski definition) is 20. The highest BCUT2D eigenvalue weighted by Crippen LogP contribution is 2.51. The predicted octanol–water partition coefficient (Wildman–Crippen LogP) is 6.30. The van der Waals surface area contributed by atoms with Crippen LogP contribution >= 0.6 is 23.2 Å². The van der Waals surface area contributed by atoms with E-state index in [0.29, 0.717) is 11.1 Å². The van der Waals surface area contributed by atoms with E-state index in [4.69, 9.17) is 56.4 Å². The second-order valence-corrected chi connectivity index (χ2v) is 33.1. The summed E-state index contributed by atoms with van der Waals surface area (Å²) in [5.41, 5.74) is -1.81. The third kappa shape index (κ3) is 17.9.